The maximum Gasteiger partial charge on any atom is -0.0191 e. The Kier molecular flexibility index (Phi) is 6.62. The molecule has 13 heavy (non-hydrogen) atoms. The molecule has 0 aliphatic carbocycles. The first-order chi connectivity index (χ1) is 6.29. The van der Waals surface area contributed by atoms with Crippen LogP contribution < -0.4 is 0 Å². The van der Waals surface area contributed by atoms with Crippen molar-refractivity contribution in [1.82, 2.24) is 0 Å². The van der Waals surface area contributed by atoms with E-state index in [-0.39, 0.29) is 0 Å². The molecule has 0 aromatic heterocycles. The summed E-state index contributed by atoms with van der Waals surface area (Å²) in [6.07, 6.45) is 13.0. The molecule has 0 aliphatic heterocycles. The fourth-order valence-electron chi connectivity index (χ4n) is 1.02. The highest BCUT2D eigenvalue weighted by atomic mass is 14.0. The molecule has 0 aliphatic rings. The average Bonchev–Trinajstić information content (AvgIpc) is 2.16. The first-order valence-electron chi connectivity index (χ1n) is 4.58. The standard InChI is InChI=1S/C13H18/c1-5-9-11-13(10-6-2)12(7-3)8-4/h6-11H,2-3,5H2,1,4H3/b11-9-,12-8-,13-10-. The van der Waals surface area contributed by atoms with E-state index < -0.39 is 0 Å². The van der Waals surface area contributed by atoms with Gasteiger partial charge in [0, 0.05) is 0 Å². The van der Waals surface area contributed by atoms with E-state index in [1.807, 2.05) is 25.2 Å². The Labute approximate surface area is 81.7 Å². The maximum atomic E-state index is 3.77. The predicted octanol–water partition coefficient (Wildman–Crippen LogP) is 4.20. The maximum absolute atomic E-state index is 3.77. The highest BCUT2D eigenvalue weighted by Gasteiger charge is 1.93. The van der Waals surface area contributed by atoms with Crippen molar-refractivity contribution in [3.05, 3.63) is 60.8 Å². The summed E-state index contributed by atoms with van der Waals surface area (Å²) in [6.45, 7) is 11.6. The molecule has 0 unspecified atom stereocenters. The van der Waals surface area contributed by atoms with E-state index in [4.69, 9.17) is 0 Å². The summed E-state index contributed by atoms with van der Waals surface area (Å²) in [5.41, 5.74) is 2.30. The molecule has 0 saturated heterocycles. The van der Waals surface area contributed by atoms with Gasteiger partial charge in [0.2, 0.25) is 0 Å². The molecule has 0 fully saturated rings. The van der Waals surface area contributed by atoms with Gasteiger partial charge in [0.05, 0.1) is 0 Å². The molecule has 0 radical (unpaired) electrons. The third kappa shape index (κ3) is 4.32. The number of allylic oxidation sites excluding steroid dienone is 8. The Morgan fingerprint density at radius 1 is 1.23 bits per heavy atom. The molecule has 0 atom stereocenters. The molecule has 0 rings (SSSR count). The lowest BCUT2D eigenvalue weighted by molar-refractivity contribution is 1.22. The Hall–Kier alpha value is -1.30. The molecular weight excluding hydrogens is 156 g/mol. The molecule has 0 nitrogen and oxygen atoms in total. The molecule has 0 saturated carbocycles. The van der Waals surface area contributed by atoms with Gasteiger partial charge in [-0.05, 0) is 24.5 Å². The van der Waals surface area contributed by atoms with Gasteiger partial charge in [-0.2, -0.15) is 0 Å². The summed E-state index contributed by atoms with van der Waals surface area (Å²) in [5, 5.41) is 0. The van der Waals surface area contributed by atoms with Crippen molar-refractivity contribution in [2.24, 2.45) is 0 Å². The quantitative estimate of drug-likeness (QED) is 0.548. The summed E-state index contributed by atoms with van der Waals surface area (Å²) >= 11 is 0. The lowest BCUT2D eigenvalue weighted by atomic mass is 10.0. The third-order valence-electron chi connectivity index (χ3n) is 1.69. The van der Waals surface area contributed by atoms with Crippen molar-refractivity contribution in [3.8, 4) is 0 Å². The van der Waals surface area contributed by atoms with Crippen LogP contribution in [-0.2, 0) is 0 Å². The molecule has 0 bridgehead atoms. The van der Waals surface area contributed by atoms with E-state index in [0.29, 0.717) is 0 Å². The van der Waals surface area contributed by atoms with Gasteiger partial charge in [0.15, 0.2) is 0 Å². The zero-order chi connectivity index (χ0) is 10.1. The molecule has 0 heterocycles. The van der Waals surface area contributed by atoms with Gasteiger partial charge in [-0.3, -0.25) is 0 Å². The van der Waals surface area contributed by atoms with Crippen molar-refractivity contribution < 1.29 is 0 Å². The van der Waals surface area contributed by atoms with Crippen LogP contribution in [0, 0.1) is 0 Å². The van der Waals surface area contributed by atoms with E-state index >= 15 is 0 Å². The smallest absolute Gasteiger partial charge is 0.0191 e. The molecule has 0 heteroatoms. The molecule has 0 aromatic rings. The third-order valence-corrected chi connectivity index (χ3v) is 1.69. The van der Waals surface area contributed by atoms with Crippen LogP contribution in [0.3, 0.4) is 0 Å². The fourth-order valence-corrected chi connectivity index (χ4v) is 1.02. The van der Waals surface area contributed by atoms with Crippen molar-refractivity contribution in [1.29, 1.82) is 0 Å². The van der Waals surface area contributed by atoms with Crippen LogP contribution in [0.2, 0.25) is 0 Å². The van der Waals surface area contributed by atoms with E-state index in [1.165, 1.54) is 0 Å². The van der Waals surface area contributed by atoms with Gasteiger partial charge in [0.25, 0.3) is 0 Å². The van der Waals surface area contributed by atoms with E-state index in [0.717, 1.165) is 17.6 Å². The first kappa shape index (κ1) is 11.7. The van der Waals surface area contributed by atoms with Crippen LogP contribution in [-0.4, -0.2) is 0 Å². The zero-order valence-electron chi connectivity index (χ0n) is 8.59. The number of hydrogen-bond donors (Lipinski definition) is 0. The summed E-state index contributed by atoms with van der Waals surface area (Å²) in [6, 6.07) is 0. The summed E-state index contributed by atoms with van der Waals surface area (Å²) in [4.78, 5) is 0. The van der Waals surface area contributed by atoms with E-state index in [1.54, 1.807) is 6.08 Å². The normalized spacial score (nSPS) is 13.4. The molecule has 0 aromatic carbocycles. The predicted molar refractivity (Wildman–Crippen MR) is 61.7 cm³/mol. The van der Waals surface area contributed by atoms with Gasteiger partial charge in [-0.15, -0.1) is 0 Å². The molecule has 0 spiro atoms. The van der Waals surface area contributed by atoms with E-state index in [9.17, 15) is 0 Å². The lowest BCUT2D eigenvalue weighted by Crippen LogP contribution is -1.81. The second-order valence-electron chi connectivity index (χ2n) is 2.62. The molecule has 0 N–H and O–H groups in total. The average molecular weight is 174 g/mol. The minimum Gasteiger partial charge on any atom is -0.0990 e. The SMILES string of the molecule is C=C/C=C(/C=C\CC)C(\C=C)=C/C. The van der Waals surface area contributed by atoms with Gasteiger partial charge < -0.3 is 0 Å². The van der Waals surface area contributed by atoms with Crippen LogP contribution in [0.15, 0.2) is 60.8 Å². The largest absolute Gasteiger partial charge is 0.0990 e. The summed E-state index contributed by atoms with van der Waals surface area (Å²) in [7, 11) is 0. The van der Waals surface area contributed by atoms with Crippen molar-refractivity contribution in [2.45, 2.75) is 20.3 Å². The van der Waals surface area contributed by atoms with Crippen LogP contribution in [0.5, 0.6) is 0 Å². The van der Waals surface area contributed by atoms with Gasteiger partial charge in [-0.25, -0.2) is 0 Å². The van der Waals surface area contributed by atoms with Crippen LogP contribution >= 0.6 is 0 Å². The second-order valence-corrected chi connectivity index (χ2v) is 2.62. The Morgan fingerprint density at radius 3 is 2.31 bits per heavy atom. The Balaban J connectivity index is 4.80. The summed E-state index contributed by atoms with van der Waals surface area (Å²) < 4.78 is 0. The van der Waals surface area contributed by atoms with Crippen molar-refractivity contribution in [2.75, 3.05) is 0 Å². The zero-order valence-corrected chi connectivity index (χ0v) is 8.59. The van der Waals surface area contributed by atoms with E-state index in [2.05, 4.69) is 32.2 Å². The molecule has 70 valence electrons. The molecular formula is C13H18. The second kappa shape index (κ2) is 7.35. The highest BCUT2D eigenvalue weighted by molar-refractivity contribution is 5.46. The Morgan fingerprint density at radius 2 is 1.92 bits per heavy atom. The lowest BCUT2D eigenvalue weighted by Gasteiger charge is -2.00. The minimum atomic E-state index is 1.04. The monoisotopic (exact) mass is 174 g/mol. The fraction of sp³-hybridized carbons (Fsp3) is 0.231. The number of rotatable bonds is 5. The highest BCUT2D eigenvalue weighted by Crippen LogP contribution is 2.12. The van der Waals surface area contributed by atoms with Crippen LogP contribution in [0.25, 0.3) is 0 Å². The van der Waals surface area contributed by atoms with Gasteiger partial charge >= 0.3 is 0 Å². The Bertz CT molecular complexity index is 249. The van der Waals surface area contributed by atoms with Gasteiger partial charge in [-0.1, -0.05) is 56.5 Å². The number of hydrogen-bond acceptors (Lipinski definition) is 0. The topological polar surface area (TPSA) is 0 Å². The minimum absolute atomic E-state index is 1.04. The van der Waals surface area contributed by atoms with Crippen LogP contribution in [0.4, 0.5) is 0 Å². The molecule has 0 amide bonds. The van der Waals surface area contributed by atoms with Crippen molar-refractivity contribution in [3.63, 3.8) is 0 Å². The van der Waals surface area contributed by atoms with Gasteiger partial charge in [0.1, 0.15) is 0 Å². The summed E-state index contributed by atoms with van der Waals surface area (Å²) in [5.74, 6) is 0. The van der Waals surface area contributed by atoms with Crippen LogP contribution in [0.1, 0.15) is 20.3 Å². The first-order valence-corrected chi connectivity index (χ1v) is 4.58. The van der Waals surface area contributed by atoms with Crippen molar-refractivity contribution >= 4 is 0 Å².